The summed E-state index contributed by atoms with van der Waals surface area (Å²) in [7, 11) is 4.99. The Labute approximate surface area is 201 Å². The number of nitrogens with zero attached hydrogens (tertiary/aromatic N) is 2. The largest absolute Gasteiger partial charge is 0.493 e. The molecule has 0 aliphatic heterocycles. The van der Waals surface area contributed by atoms with Crippen LogP contribution >= 0.6 is 0 Å². The number of H-pyrrole nitrogens is 1. The van der Waals surface area contributed by atoms with Crippen molar-refractivity contribution < 1.29 is 19.0 Å². The third kappa shape index (κ3) is 5.71. The maximum absolute atomic E-state index is 12.3. The van der Waals surface area contributed by atoms with Gasteiger partial charge in [0.25, 0.3) is 0 Å². The van der Waals surface area contributed by atoms with Gasteiger partial charge in [-0.2, -0.15) is 0 Å². The molecule has 0 saturated carbocycles. The molecule has 0 radical (unpaired) electrons. The highest BCUT2D eigenvalue weighted by atomic mass is 16.6. The number of ether oxygens (including phenoxy) is 3. The molecule has 3 rings (SSSR count). The van der Waals surface area contributed by atoms with Gasteiger partial charge >= 0.3 is 6.09 Å². The molecule has 0 aliphatic carbocycles. The SMILES string of the molecule is CC/C(=C\CN(C)C(=O)OC(C)(C)C)c1cc(C)c2nc(-c3ccc(OC)c(OC)c3)[nH]c2c1. The number of amides is 1. The fourth-order valence-corrected chi connectivity index (χ4v) is 3.72. The average Bonchev–Trinajstić information content (AvgIpc) is 3.22. The molecule has 0 bridgehead atoms. The zero-order chi connectivity index (χ0) is 25.0. The lowest BCUT2D eigenvalue weighted by atomic mass is 10.00. The van der Waals surface area contributed by atoms with E-state index in [0.717, 1.165) is 45.5 Å². The van der Waals surface area contributed by atoms with Crippen LogP contribution in [0.15, 0.2) is 36.4 Å². The number of likely N-dealkylation sites (N-methyl/N-ethyl adjacent to an activating group) is 1. The van der Waals surface area contributed by atoms with Crippen molar-refractivity contribution in [2.24, 2.45) is 0 Å². The normalized spacial score (nSPS) is 12.1. The minimum atomic E-state index is -0.517. The van der Waals surface area contributed by atoms with Crippen LogP contribution in [0.5, 0.6) is 11.5 Å². The van der Waals surface area contributed by atoms with E-state index in [1.165, 1.54) is 0 Å². The number of benzene rings is 2. The van der Waals surface area contributed by atoms with Gasteiger partial charge in [-0.25, -0.2) is 9.78 Å². The fourth-order valence-electron chi connectivity index (χ4n) is 3.72. The number of fused-ring (bicyclic) bond motifs is 1. The van der Waals surface area contributed by atoms with Gasteiger partial charge in [0.05, 0.1) is 25.3 Å². The molecule has 3 aromatic rings. The molecule has 0 atom stereocenters. The van der Waals surface area contributed by atoms with Gasteiger partial charge in [-0.1, -0.05) is 13.0 Å². The third-order valence-electron chi connectivity index (χ3n) is 5.50. The maximum Gasteiger partial charge on any atom is 0.410 e. The van der Waals surface area contributed by atoms with E-state index >= 15 is 0 Å². The van der Waals surface area contributed by atoms with Crippen LogP contribution in [0.2, 0.25) is 0 Å². The molecule has 0 saturated heterocycles. The highest BCUT2D eigenvalue weighted by Gasteiger charge is 2.19. The summed E-state index contributed by atoms with van der Waals surface area (Å²) in [6, 6.07) is 10.0. The first kappa shape index (κ1) is 25.1. The summed E-state index contributed by atoms with van der Waals surface area (Å²) in [5.41, 5.74) is 5.62. The minimum Gasteiger partial charge on any atom is -0.493 e. The minimum absolute atomic E-state index is 0.334. The van der Waals surface area contributed by atoms with Gasteiger partial charge in [-0.15, -0.1) is 0 Å². The fraction of sp³-hybridized carbons (Fsp3) is 0.407. The molecule has 1 amide bonds. The summed E-state index contributed by atoms with van der Waals surface area (Å²) in [5.74, 6) is 2.10. The lowest BCUT2D eigenvalue weighted by Gasteiger charge is -2.24. The number of nitrogens with one attached hydrogen (secondary N) is 1. The number of hydrogen-bond acceptors (Lipinski definition) is 5. The molecular formula is C27H35N3O4. The van der Waals surface area contributed by atoms with Crippen molar-refractivity contribution in [2.75, 3.05) is 27.8 Å². The molecular weight excluding hydrogens is 430 g/mol. The molecule has 0 spiro atoms. The molecule has 0 aliphatic rings. The molecule has 2 aromatic carbocycles. The second kappa shape index (κ2) is 10.2. The van der Waals surface area contributed by atoms with Gasteiger partial charge in [0.1, 0.15) is 11.4 Å². The number of carbonyl (C=O) groups is 1. The Kier molecular flexibility index (Phi) is 7.54. The Morgan fingerprint density at radius 2 is 1.82 bits per heavy atom. The number of aromatic nitrogens is 2. The van der Waals surface area contributed by atoms with Crippen molar-refractivity contribution in [3.63, 3.8) is 0 Å². The second-order valence-electron chi connectivity index (χ2n) is 9.29. The van der Waals surface area contributed by atoms with Crippen molar-refractivity contribution >= 4 is 22.7 Å². The van der Waals surface area contributed by atoms with Crippen molar-refractivity contribution in [3.8, 4) is 22.9 Å². The number of rotatable bonds is 7. The van der Waals surface area contributed by atoms with E-state index in [-0.39, 0.29) is 6.09 Å². The molecule has 0 unspecified atom stereocenters. The van der Waals surface area contributed by atoms with Crippen molar-refractivity contribution in [2.45, 2.75) is 46.6 Å². The molecule has 7 heteroatoms. The summed E-state index contributed by atoms with van der Waals surface area (Å²) in [5, 5.41) is 0. The highest BCUT2D eigenvalue weighted by molar-refractivity contribution is 5.86. The van der Waals surface area contributed by atoms with Crippen LogP contribution in [-0.2, 0) is 4.74 Å². The first-order valence-electron chi connectivity index (χ1n) is 11.4. The Balaban J connectivity index is 1.90. The zero-order valence-corrected chi connectivity index (χ0v) is 21.4. The highest BCUT2D eigenvalue weighted by Crippen LogP contribution is 2.33. The summed E-state index contributed by atoms with van der Waals surface area (Å²) in [6.07, 6.45) is 2.58. The Bertz CT molecular complexity index is 1200. The van der Waals surface area contributed by atoms with Crippen LogP contribution in [0.3, 0.4) is 0 Å². The van der Waals surface area contributed by atoms with Crippen molar-refractivity contribution in [1.82, 2.24) is 14.9 Å². The average molecular weight is 466 g/mol. The van der Waals surface area contributed by atoms with E-state index in [1.807, 2.05) is 39.0 Å². The standard InChI is InChI=1S/C27H35N3O4/c1-9-18(12-13-30(6)26(31)34-27(3,4)5)20-14-17(2)24-21(15-20)28-25(29-24)19-10-11-22(32-7)23(16-19)33-8/h10-12,14-16H,9,13H2,1-8H3,(H,28,29)/b18-12+. The van der Waals surface area contributed by atoms with Crippen molar-refractivity contribution in [1.29, 1.82) is 0 Å². The lowest BCUT2D eigenvalue weighted by molar-refractivity contribution is 0.0318. The predicted octanol–water partition coefficient (Wildman–Crippen LogP) is 6.22. The van der Waals surface area contributed by atoms with Crippen LogP contribution in [-0.4, -0.2) is 54.4 Å². The number of allylic oxidation sites excluding steroid dienone is 1. The number of imidazole rings is 1. The number of hydrogen-bond donors (Lipinski definition) is 1. The van der Waals surface area contributed by atoms with E-state index < -0.39 is 5.60 Å². The summed E-state index contributed by atoms with van der Waals surface area (Å²) in [6.45, 7) is 10.2. The van der Waals surface area contributed by atoms with E-state index in [4.69, 9.17) is 19.2 Å². The van der Waals surface area contributed by atoms with Crippen LogP contribution in [0.25, 0.3) is 28.0 Å². The quantitative estimate of drug-likeness (QED) is 0.448. The van der Waals surface area contributed by atoms with Gasteiger partial charge in [0, 0.05) is 19.2 Å². The van der Waals surface area contributed by atoms with E-state index in [2.05, 4.69) is 37.0 Å². The first-order valence-corrected chi connectivity index (χ1v) is 11.4. The summed E-state index contributed by atoms with van der Waals surface area (Å²) >= 11 is 0. The number of aryl methyl sites for hydroxylation is 1. The summed E-state index contributed by atoms with van der Waals surface area (Å²) < 4.78 is 16.2. The topological polar surface area (TPSA) is 76.7 Å². The molecule has 34 heavy (non-hydrogen) atoms. The molecule has 7 nitrogen and oxygen atoms in total. The van der Waals surface area contributed by atoms with Crippen LogP contribution < -0.4 is 9.47 Å². The van der Waals surface area contributed by atoms with Crippen LogP contribution in [0.1, 0.15) is 45.2 Å². The Hall–Kier alpha value is -3.48. The third-order valence-corrected chi connectivity index (χ3v) is 5.50. The molecule has 0 fully saturated rings. The molecule has 1 N–H and O–H groups in total. The van der Waals surface area contributed by atoms with Gasteiger partial charge in [0.2, 0.25) is 0 Å². The Morgan fingerprint density at radius 3 is 2.44 bits per heavy atom. The molecule has 1 aromatic heterocycles. The lowest BCUT2D eigenvalue weighted by Crippen LogP contribution is -2.34. The second-order valence-corrected chi connectivity index (χ2v) is 9.29. The molecule has 1 heterocycles. The van der Waals surface area contributed by atoms with Crippen molar-refractivity contribution in [3.05, 3.63) is 47.5 Å². The van der Waals surface area contributed by atoms with Crippen LogP contribution in [0.4, 0.5) is 4.79 Å². The number of aromatic amines is 1. The maximum atomic E-state index is 12.3. The van der Waals surface area contributed by atoms with Gasteiger partial charge in [-0.3, -0.25) is 0 Å². The van der Waals surface area contributed by atoms with E-state index in [0.29, 0.717) is 18.0 Å². The Morgan fingerprint density at radius 1 is 1.12 bits per heavy atom. The number of carbonyl (C=O) groups excluding carboxylic acids is 1. The van der Waals surface area contributed by atoms with E-state index in [1.54, 1.807) is 26.2 Å². The molecule has 182 valence electrons. The van der Waals surface area contributed by atoms with Crippen LogP contribution in [0, 0.1) is 6.92 Å². The summed E-state index contributed by atoms with van der Waals surface area (Å²) in [4.78, 5) is 22.2. The predicted molar refractivity (Wildman–Crippen MR) is 137 cm³/mol. The van der Waals surface area contributed by atoms with Gasteiger partial charge < -0.3 is 24.1 Å². The van der Waals surface area contributed by atoms with E-state index in [9.17, 15) is 4.79 Å². The van der Waals surface area contributed by atoms with Gasteiger partial charge in [0.15, 0.2) is 11.5 Å². The zero-order valence-electron chi connectivity index (χ0n) is 21.4. The van der Waals surface area contributed by atoms with Gasteiger partial charge in [-0.05, 0) is 81.1 Å². The number of methoxy groups -OCH3 is 2. The smallest absolute Gasteiger partial charge is 0.410 e. The monoisotopic (exact) mass is 465 g/mol. The first-order chi connectivity index (χ1) is 16.1.